The van der Waals surface area contributed by atoms with Crippen LogP contribution in [0.2, 0.25) is 0 Å². The summed E-state index contributed by atoms with van der Waals surface area (Å²) in [6.45, 7) is 1.32. The van der Waals surface area contributed by atoms with E-state index in [9.17, 15) is 13.2 Å². The minimum atomic E-state index is -4.73. The third kappa shape index (κ3) is 6.79. The van der Waals surface area contributed by atoms with E-state index in [-0.39, 0.29) is 17.1 Å². The van der Waals surface area contributed by atoms with Crippen molar-refractivity contribution >= 4 is 54.4 Å². The largest absolute Gasteiger partial charge is 0.446 e. The average molecular weight is 533 g/mol. The van der Waals surface area contributed by atoms with Crippen LogP contribution >= 0.6 is 31.9 Å². The van der Waals surface area contributed by atoms with Crippen LogP contribution in [0.5, 0.6) is 5.75 Å². The maximum Gasteiger partial charge on any atom is 0.446 e. The van der Waals surface area contributed by atoms with Crippen LogP contribution in [0.1, 0.15) is 17.0 Å². The van der Waals surface area contributed by atoms with Gasteiger partial charge in [0.25, 0.3) is 0 Å². The lowest BCUT2D eigenvalue weighted by Gasteiger charge is -2.04. The number of halogens is 2. The summed E-state index contributed by atoms with van der Waals surface area (Å²) >= 11 is 6.83. The number of allylic oxidation sites excluding steroid dienone is 6. The fourth-order valence-electron chi connectivity index (χ4n) is 1.91. The lowest BCUT2D eigenvalue weighted by atomic mass is 10.2. The van der Waals surface area contributed by atoms with E-state index in [1.54, 1.807) is 24.3 Å². The van der Waals surface area contributed by atoms with E-state index in [4.69, 9.17) is 8.97 Å². The lowest BCUT2D eigenvalue weighted by molar-refractivity contribution is 0.381. The minimum absolute atomic E-state index is 0.0687. The highest BCUT2D eigenvalue weighted by Gasteiger charge is 2.14. The summed E-state index contributed by atoms with van der Waals surface area (Å²) in [5.41, 5.74) is 0.0930. The third-order valence-electron chi connectivity index (χ3n) is 3.23. The molecule has 0 atom stereocenters. The number of aromatic amines is 1. The van der Waals surface area contributed by atoms with E-state index >= 15 is 0 Å². The first kappa shape index (κ1) is 22.2. The zero-order chi connectivity index (χ0) is 20.7. The molecule has 0 bridgehead atoms. The Morgan fingerprint density at radius 3 is 2.29 bits per heavy atom. The number of aromatic nitrogens is 1. The third-order valence-corrected chi connectivity index (χ3v) is 5.64. The Kier molecular flexibility index (Phi) is 7.81. The van der Waals surface area contributed by atoms with Gasteiger partial charge in [-0.1, -0.05) is 36.5 Å². The smallest absolute Gasteiger partial charge is 0.423 e. The lowest BCUT2D eigenvalue weighted by Crippen LogP contribution is -2.12. The van der Waals surface area contributed by atoms with Gasteiger partial charge in [0.05, 0.1) is 15.7 Å². The molecule has 10 heteroatoms. The molecule has 0 saturated heterocycles. The van der Waals surface area contributed by atoms with E-state index in [0.29, 0.717) is 0 Å². The van der Waals surface area contributed by atoms with Crippen molar-refractivity contribution in [1.82, 2.24) is 4.98 Å². The second-order valence-corrected chi connectivity index (χ2v) is 7.96. The van der Waals surface area contributed by atoms with E-state index in [1.807, 2.05) is 24.4 Å². The molecule has 0 radical (unpaired) electrons. The molecule has 0 fully saturated rings. The van der Waals surface area contributed by atoms with Crippen molar-refractivity contribution in [3.8, 4) is 5.75 Å². The zero-order valence-electron chi connectivity index (χ0n) is 14.4. The maximum absolute atomic E-state index is 11.7. The van der Waals surface area contributed by atoms with Gasteiger partial charge in [-0.3, -0.25) is 4.55 Å². The molecule has 148 valence electrons. The molecule has 2 N–H and O–H groups in total. The zero-order valence-corrected chi connectivity index (χ0v) is 18.4. The number of H-pyrrole nitrogens is 1. The summed E-state index contributed by atoms with van der Waals surface area (Å²) in [5, 5.41) is 0. The normalized spacial score (nSPS) is 12.9. The van der Waals surface area contributed by atoms with Crippen LogP contribution in [0.3, 0.4) is 0 Å². The van der Waals surface area contributed by atoms with Crippen LogP contribution in [0.4, 0.5) is 0 Å². The molecular weight excluding hydrogens is 518 g/mol. The molecule has 28 heavy (non-hydrogen) atoms. The van der Waals surface area contributed by atoms with Gasteiger partial charge in [-0.15, -0.1) is 0 Å². The highest BCUT2D eigenvalue weighted by atomic mass is 79.9. The molecule has 0 aliphatic heterocycles. The first-order chi connectivity index (χ1) is 13.2. The van der Waals surface area contributed by atoms with Gasteiger partial charge in [0.2, 0.25) is 0 Å². The topological polar surface area (TPSA) is 110 Å². The summed E-state index contributed by atoms with van der Waals surface area (Å²) in [5.74, 6) is -0.223. The van der Waals surface area contributed by atoms with Gasteiger partial charge in [0, 0.05) is 16.7 Å². The molecule has 0 spiro atoms. The van der Waals surface area contributed by atoms with Gasteiger partial charge < -0.3 is 13.6 Å². The van der Waals surface area contributed by atoms with Crippen LogP contribution in [-0.4, -0.2) is 18.0 Å². The minimum Gasteiger partial charge on any atom is -0.423 e. The molecule has 0 aliphatic rings. The van der Waals surface area contributed by atoms with Crippen LogP contribution in [0.25, 0.3) is 12.2 Å². The molecule has 2 aromatic rings. The summed E-state index contributed by atoms with van der Waals surface area (Å²) in [6.07, 6.45) is 15.7. The van der Waals surface area contributed by atoms with Gasteiger partial charge in [-0.25, -0.2) is 4.79 Å². The van der Waals surface area contributed by atoms with Crippen molar-refractivity contribution in [3.63, 3.8) is 0 Å². The second-order valence-electron chi connectivity index (χ2n) is 5.29. The summed E-state index contributed by atoms with van der Waals surface area (Å²) in [4.78, 5) is 14.8. The predicted molar refractivity (Wildman–Crippen MR) is 114 cm³/mol. The van der Waals surface area contributed by atoms with Crippen molar-refractivity contribution in [1.29, 1.82) is 0 Å². The summed E-state index contributed by atoms with van der Waals surface area (Å²) < 4.78 is 41.6. The molecule has 0 amide bonds. The van der Waals surface area contributed by atoms with Crippen molar-refractivity contribution in [3.05, 3.63) is 85.1 Å². The van der Waals surface area contributed by atoms with Crippen molar-refractivity contribution in [2.45, 2.75) is 6.92 Å². The van der Waals surface area contributed by atoms with Crippen LogP contribution in [0.15, 0.2) is 66.9 Å². The van der Waals surface area contributed by atoms with E-state index < -0.39 is 16.0 Å². The Labute approximate surface area is 178 Å². The average Bonchev–Trinajstić information content (AvgIpc) is 2.92. The fraction of sp³-hybridized carbons (Fsp3) is 0.0556. The molecule has 2 aromatic heterocycles. The van der Waals surface area contributed by atoms with Gasteiger partial charge in [0.15, 0.2) is 5.75 Å². The SMILES string of the molecule is Cc1c(OS(=O)(=O)O)cc(/C=C/C=C/C=C/C=C/c2[nH]cc(Br)c2Br)oc1=O. The van der Waals surface area contributed by atoms with Crippen LogP contribution in [0, 0.1) is 6.92 Å². The number of rotatable bonds is 7. The Morgan fingerprint density at radius 1 is 1.11 bits per heavy atom. The molecule has 0 saturated carbocycles. The molecular formula is C18H15Br2NO6S. The predicted octanol–water partition coefficient (Wildman–Crippen LogP) is 4.82. The quantitative estimate of drug-likeness (QED) is 0.390. The van der Waals surface area contributed by atoms with Gasteiger partial charge in [0.1, 0.15) is 5.76 Å². The summed E-state index contributed by atoms with van der Waals surface area (Å²) in [6, 6.07) is 1.19. The van der Waals surface area contributed by atoms with Crippen LogP contribution < -0.4 is 9.81 Å². The number of hydrogen-bond acceptors (Lipinski definition) is 5. The molecule has 0 unspecified atom stereocenters. The maximum atomic E-state index is 11.7. The fourth-order valence-corrected chi connectivity index (χ4v) is 3.00. The molecule has 2 rings (SSSR count). The van der Waals surface area contributed by atoms with Gasteiger partial charge in [-0.2, -0.15) is 8.42 Å². The Bertz CT molecular complexity index is 1120. The molecule has 2 heterocycles. The molecule has 0 aromatic carbocycles. The monoisotopic (exact) mass is 531 g/mol. The van der Waals surface area contributed by atoms with Crippen molar-refractivity contribution in [2.24, 2.45) is 0 Å². The standard InChI is InChI=1S/C18H15Br2NO6S/c1-12-16(27-28(23,24)25)10-13(26-18(12)22)8-6-4-2-3-5-7-9-15-17(20)14(19)11-21-15/h2-11,21H,1H3,(H,23,24,25)/b4-2+,5-3+,8-6+,9-7+. The van der Waals surface area contributed by atoms with Crippen molar-refractivity contribution < 1.29 is 21.6 Å². The number of hydrogen-bond donors (Lipinski definition) is 2. The second kappa shape index (κ2) is 9.87. The van der Waals surface area contributed by atoms with E-state index in [2.05, 4.69) is 41.0 Å². The van der Waals surface area contributed by atoms with E-state index in [1.165, 1.54) is 19.1 Å². The van der Waals surface area contributed by atoms with Gasteiger partial charge >= 0.3 is 16.0 Å². The summed E-state index contributed by atoms with van der Waals surface area (Å²) in [7, 11) is -4.73. The highest BCUT2D eigenvalue weighted by molar-refractivity contribution is 9.13. The first-order valence-electron chi connectivity index (χ1n) is 7.69. The Balaban J connectivity index is 2.00. The first-order valence-corrected chi connectivity index (χ1v) is 10.6. The highest BCUT2D eigenvalue weighted by Crippen LogP contribution is 2.27. The Morgan fingerprint density at radius 2 is 1.71 bits per heavy atom. The Hall–Kier alpha value is -2.14. The number of nitrogens with one attached hydrogen (secondary N) is 1. The molecule has 7 nitrogen and oxygen atoms in total. The van der Waals surface area contributed by atoms with E-state index in [0.717, 1.165) is 14.6 Å². The van der Waals surface area contributed by atoms with Crippen LogP contribution in [-0.2, 0) is 10.4 Å². The molecule has 0 aliphatic carbocycles. The van der Waals surface area contributed by atoms with Crippen molar-refractivity contribution in [2.75, 3.05) is 0 Å². The van der Waals surface area contributed by atoms with Gasteiger partial charge in [-0.05, 0) is 50.9 Å².